The van der Waals surface area contributed by atoms with Crippen LogP contribution in [0.4, 0.5) is 10.1 Å². The highest BCUT2D eigenvalue weighted by Gasteiger charge is 2.16. The number of benzene rings is 2. The van der Waals surface area contributed by atoms with Crippen molar-refractivity contribution in [3.8, 4) is 5.13 Å². The van der Waals surface area contributed by atoms with Crippen molar-refractivity contribution in [3.05, 3.63) is 76.1 Å². The summed E-state index contributed by atoms with van der Waals surface area (Å²) in [4.78, 5) is 17.0. The number of rotatable bonds is 5. The SMILES string of the molecule is CC(C)Cc1cn(-c2nc(C(=O)Nc3ccc(F)cc3)cs2)c2cc(Cl)ccc12. The number of amides is 1. The Hall–Kier alpha value is -2.70. The van der Waals surface area contributed by atoms with E-state index in [9.17, 15) is 9.18 Å². The maximum Gasteiger partial charge on any atom is 0.275 e. The highest BCUT2D eigenvalue weighted by Crippen LogP contribution is 2.30. The summed E-state index contributed by atoms with van der Waals surface area (Å²) >= 11 is 7.61. The number of hydrogen-bond acceptors (Lipinski definition) is 3. The number of carbonyl (C=O) groups excluding carboxylic acids is 1. The Balaban J connectivity index is 1.66. The van der Waals surface area contributed by atoms with E-state index in [0.717, 1.165) is 17.3 Å². The van der Waals surface area contributed by atoms with Crippen molar-refractivity contribution >= 4 is 45.4 Å². The van der Waals surface area contributed by atoms with Crippen LogP contribution in [0.5, 0.6) is 0 Å². The van der Waals surface area contributed by atoms with E-state index in [-0.39, 0.29) is 11.7 Å². The van der Waals surface area contributed by atoms with Gasteiger partial charge in [0.15, 0.2) is 5.13 Å². The number of aromatic nitrogens is 2. The van der Waals surface area contributed by atoms with Gasteiger partial charge >= 0.3 is 0 Å². The van der Waals surface area contributed by atoms with Crippen LogP contribution < -0.4 is 5.32 Å². The molecule has 0 aliphatic carbocycles. The minimum atomic E-state index is -0.353. The number of halogens is 2. The molecule has 148 valence electrons. The number of nitrogens with one attached hydrogen (secondary N) is 1. The molecule has 7 heteroatoms. The van der Waals surface area contributed by atoms with Crippen molar-refractivity contribution in [1.82, 2.24) is 9.55 Å². The van der Waals surface area contributed by atoms with E-state index < -0.39 is 0 Å². The van der Waals surface area contributed by atoms with Crippen molar-refractivity contribution < 1.29 is 9.18 Å². The number of anilines is 1. The first kappa shape index (κ1) is 19.6. The summed E-state index contributed by atoms with van der Waals surface area (Å²) in [7, 11) is 0. The van der Waals surface area contributed by atoms with Crippen LogP contribution in [0.3, 0.4) is 0 Å². The second-order valence-electron chi connectivity index (χ2n) is 7.26. The molecule has 2 aromatic heterocycles. The lowest BCUT2D eigenvalue weighted by Crippen LogP contribution is -2.12. The summed E-state index contributed by atoms with van der Waals surface area (Å²) in [6.07, 6.45) is 3.01. The summed E-state index contributed by atoms with van der Waals surface area (Å²) < 4.78 is 15.0. The molecular formula is C22H19ClFN3OS. The van der Waals surface area contributed by atoms with E-state index in [0.29, 0.717) is 27.5 Å². The van der Waals surface area contributed by atoms with Gasteiger partial charge < -0.3 is 5.32 Å². The fourth-order valence-electron chi connectivity index (χ4n) is 3.24. The largest absolute Gasteiger partial charge is 0.321 e. The Labute approximate surface area is 177 Å². The summed E-state index contributed by atoms with van der Waals surface area (Å²) in [5.41, 5.74) is 3.01. The lowest BCUT2D eigenvalue weighted by molar-refractivity contribution is 0.102. The summed E-state index contributed by atoms with van der Waals surface area (Å²) in [5.74, 6) is -0.177. The first-order valence-corrected chi connectivity index (χ1v) is 10.5. The molecule has 4 rings (SSSR count). The molecule has 0 bridgehead atoms. The van der Waals surface area contributed by atoms with Crippen LogP contribution in [0.25, 0.3) is 16.0 Å². The molecule has 4 aromatic rings. The van der Waals surface area contributed by atoms with Gasteiger partial charge in [0.1, 0.15) is 11.5 Å². The Bertz CT molecular complexity index is 1180. The van der Waals surface area contributed by atoms with Crippen LogP contribution in [0, 0.1) is 11.7 Å². The predicted octanol–water partition coefficient (Wildman–Crippen LogP) is 6.33. The third kappa shape index (κ3) is 4.18. The fraction of sp³-hybridized carbons (Fsp3) is 0.182. The molecule has 2 heterocycles. The summed E-state index contributed by atoms with van der Waals surface area (Å²) in [6.45, 7) is 4.36. The molecule has 0 saturated heterocycles. The first-order chi connectivity index (χ1) is 13.9. The molecule has 0 saturated carbocycles. The van der Waals surface area contributed by atoms with Crippen LogP contribution >= 0.6 is 22.9 Å². The van der Waals surface area contributed by atoms with Gasteiger partial charge in [-0.05, 0) is 54.3 Å². The molecule has 0 radical (unpaired) electrons. The Morgan fingerprint density at radius 1 is 1.24 bits per heavy atom. The van der Waals surface area contributed by atoms with Crippen LogP contribution in [-0.2, 0) is 6.42 Å². The van der Waals surface area contributed by atoms with Crippen LogP contribution in [0.1, 0.15) is 29.9 Å². The summed E-state index contributed by atoms with van der Waals surface area (Å²) in [6, 6.07) is 11.5. The molecule has 1 amide bonds. The molecule has 29 heavy (non-hydrogen) atoms. The molecule has 1 N–H and O–H groups in total. The molecule has 0 fully saturated rings. The standard InChI is InChI=1S/C22H19ClFN3OS/c1-13(2)9-14-11-27(20-10-15(23)3-8-18(14)20)22-26-19(12-29-22)21(28)25-17-6-4-16(24)5-7-17/h3-8,10-13H,9H2,1-2H3,(H,25,28). The maximum atomic E-state index is 13.0. The van der Waals surface area contributed by atoms with Gasteiger partial charge in [-0.2, -0.15) is 0 Å². The topological polar surface area (TPSA) is 46.9 Å². The first-order valence-electron chi connectivity index (χ1n) is 9.23. The second-order valence-corrected chi connectivity index (χ2v) is 8.53. The van der Waals surface area contributed by atoms with E-state index >= 15 is 0 Å². The highest BCUT2D eigenvalue weighted by molar-refractivity contribution is 7.12. The van der Waals surface area contributed by atoms with Crippen LogP contribution in [0.2, 0.25) is 5.02 Å². The third-order valence-corrected chi connectivity index (χ3v) is 5.59. The van der Waals surface area contributed by atoms with Crippen molar-refractivity contribution in [1.29, 1.82) is 0 Å². The Morgan fingerprint density at radius 3 is 2.72 bits per heavy atom. The zero-order valence-corrected chi connectivity index (χ0v) is 17.5. The van der Waals surface area contributed by atoms with Crippen molar-refractivity contribution in [2.75, 3.05) is 5.32 Å². The van der Waals surface area contributed by atoms with Gasteiger partial charge in [0.25, 0.3) is 5.91 Å². The van der Waals surface area contributed by atoms with Crippen molar-refractivity contribution in [2.24, 2.45) is 5.92 Å². The van der Waals surface area contributed by atoms with Gasteiger partial charge in [-0.3, -0.25) is 9.36 Å². The molecule has 0 aliphatic heterocycles. The Kier molecular flexibility index (Phi) is 5.39. The number of carbonyl (C=O) groups is 1. The van der Waals surface area contributed by atoms with Gasteiger partial charge in [0.2, 0.25) is 0 Å². The molecule has 0 unspecified atom stereocenters. The molecule has 2 aromatic carbocycles. The number of thiazole rings is 1. The van der Waals surface area contributed by atoms with E-state index in [1.54, 1.807) is 5.38 Å². The smallest absolute Gasteiger partial charge is 0.275 e. The highest BCUT2D eigenvalue weighted by atomic mass is 35.5. The van der Waals surface area contributed by atoms with Crippen molar-refractivity contribution in [3.63, 3.8) is 0 Å². The second kappa shape index (κ2) is 7.97. The molecular weight excluding hydrogens is 409 g/mol. The Morgan fingerprint density at radius 2 is 2.00 bits per heavy atom. The lowest BCUT2D eigenvalue weighted by atomic mass is 10.0. The fourth-order valence-corrected chi connectivity index (χ4v) is 4.20. The van der Waals surface area contributed by atoms with Gasteiger partial charge in [-0.15, -0.1) is 11.3 Å². The monoisotopic (exact) mass is 427 g/mol. The third-order valence-electron chi connectivity index (χ3n) is 4.51. The number of fused-ring (bicyclic) bond motifs is 1. The average Bonchev–Trinajstić information content (AvgIpc) is 3.28. The quantitative estimate of drug-likeness (QED) is 0.404. The lowest BCUT2D eigenvalue weighted by Gasteiger charge is -2.03. The minimum absolute atomic E-state index is 0.309. The van der Waals surface area contributed by atoms with Gasteiger partial charge in [-0.25, -0.2) is 9.37 Å². The molecule has 0 aliphatic rings. The number of hydrogen-bond donors (Lipinski definition) is 1. The zero-order chi connectivity index (χ0) is 20.5. The maximum absolute atomic E-state index is 13.0. The normalized spacial score (nSPS) is 11.3. The molecule has 4 nitrogen and oxygen atoms in total. The van der Waals surface area contributed by atoms with Crippen LogP contribution in [-0.4, -0.2) is 15.5 Å². The van der Waals surface area contributed by atoms with Gasteiger partial charge in [-0.1, -0.05) is 31.5 Å². The van der Waals surface area contributed by atoms with E-state index in [1.807, 2.05) is 22.8 Å². The van der Waals surface area contributed by atoms with E-state index in [1.165, 1.54) is 41.2 Å². The van der Waals surface area contributed by atoms with E-state index in [2.05, 4.69) is 30.3 Å². The van der Waals surface area contributed by atoms with Crippen LogP contribution in [0.15, 0.2) is 54.0 Å². The van der Waals surface area contributed by atoms with Gasteiger partial charge in [0.05, 0.1) is 5.52 Å². The van der Waals surface area contributed by atoms with E-state index in [4.69, 9.17) is 11.6 Å². The van der Waals surface area contributed by atoms with Crippen molar-refractivity contribution in [2.45, 2.75) is 20.3 Å². The molecule has 0 spiro atoms. The summed E-state index contributed by atoms with van der Waals surface area (Å²) in [5, 5.41) is 6.93. The zero-order valence-electron chi connectivity index (χ0n) is 15.9. The number of nitrogens with zero attached hydrogens (tertiary/aromatic N) is 2. The predicted molar refractivity (Wildman–Crippen MR) is 117 cm³/mol. The molecule has 0 atom stereocenters. The minimum Gasteiger partial charge on any atom is -0.321 e. The van der Waals surface area contributed by atoms with Gasteiger partial charge in [0, 0.05) is 27.7 Å². The average molecular weight is 428 g/mol.